The number of halogens is 3. The first kappa shape index (κ1) is 25.2. The summed E-state index contributed by atoms with van der Waals surface area (Å²) in [5.74, 6) is -0.140. The van der Waals surface area contributed by atoms with E-state index in [4.69, 9.17) is 11.6 Å². The molecule has 1 saturated carbocycles. The second-order valence-electron chi connectivity index (χ2n) is 10.3. The van der Waals surface area contributed by atoms with E-state index in [9.17, 15) is 18.4 Å². The van der Waals surface area contributed by atoms with Gasteiger partial charge in [-0.25, -0.2) is 8.78 Å². The SMILES string of the molecule is O=C(N[C@H]1CC[C@H](CN2C(=O)C3(CN(c4cnsc4)C3)c3ccccc32)CC1)c1cc(Cl)cnc1C(F)F. The van der Waals surface area contributed by atoms with Gasteiger partial charge in [-0.05, 0) is 60.8 Å². The average molecular weight is 558 g/mol. The van der Waals surface area contributed by atoms with Crippen molar-refractivity contribution in [2.45, 2.75) is 43.6 Å². The highest BCUT2D eigenvalue weighted by Gasteiger charge is 2.58. The molecular formula is C27H26ClF2N5O2S. The molecule has 3 aliphatic rings. The fraction of sp³-hybridized carbons (Fsp3) is 0.407. The van der Waals surface area contributed by atoms with Crippen LogP contribution in [0.4, 0.5) is 20.2 Å². The number of pyridine rings is 1. The van der Waals surface area contributed by atoms with Gasteiger partial charge in [-0.1, -0.05) is 29.8 Å². The number of anilines is 2. The van der Waals surface area contributed by atoms with Gasteiger partial charge in [-0.3, -0.25) is 14.6 Å². The highest BCUT2D eigenvalue weighted by atomic mass is 35.5. The highest BCUT2D eigenvalue weighted by Crippen LogP contribution is 2.49. The summed E-state index contributed by atoms with van der Waals surface area (Å²) in [4.78, 5) is 34.3. The van der Waals surface area contributed by atoms with Gasteiger partial charge in [0.1, 0.15) is 11.1 Å². The quantitative estimate of drug-likeness (QED) is 0.449. The molecule has 3 aromatic rings. The second kappa shape index (κ2) is 9.89. The van der Waals surface area contributed by atoms with Crippen LogP contribution in [0.5, 0.6) is 0 Å². The predicted octanol–water partition coefficient (Wildman–Crippen LogP) is 5.22. The number of rotatable bonds is 6. The second-order valence-corrected chi connectivity index (χ2v) is 11.4. The van der Waals surface area contributed by atoms with Crippen molar-refractivity contribution in [3.63, 3.8) is 0 Å². The lowest BCUT2D eigenvalue weighted by Gasteiger charge is -2.47. The van der Waals surface area contributed by atoms with E-state index in [1.165, 1.54) is 17.6 Å². The van der Waals surface area contributed by atoms with Gasteiger partial charge in [0.25, 0.3) is 12.3 Å². The summed E-state index contributed by atoms with van der Waals surface area (Å²) in [6, 6.07) is 9.18. The van der Waals surface area contributed by atoms with Gasteiger partial charge >= 0.3 is 0 Å². The number of hydrogen-bond donors (Lipinski definition) is 1. The molecule has 2 aliphatic heterocycles. The zero-order valence-corrected chi connectivity index (χ0v) is 22.0. The number of para-hydroxylation sites is 1. The topological polar surface area (TPSA) is 78.4 Å². The van der Waals surface area contributed by atoms with Gasteiger partial charge in [0.05, 0.1) is 22.5 Å². The van der Waals surface area contributed by atoms with Gasteiger partial charge in [0.2, 0.25) is 5.91 Å². The number of nitrogens with one attached hydrogen (secondary N) is 1. The van der Waals surface area contributed by atoms with Gasteiger partial charge in [-0.2, -0.15) is 4.37 Å². The van der Waals surface area contributed by atoms with E-state index < -0.39 is 23.4 Å². The Hall–Kier alpha value is -3.11. The van der Waals surface area contributed by atoms with Crippen molar-refractivity contribution in [1.82, 2.24) is 14.7 Å². The van der Waals surface area contributed by atoms with Crippen LogP contribution >= 0.6 is 23.1 Å². The van der Waals surface area contributed by atoms with E-state index in [2.05, 4.69) is 25.6 Å². The zero-order valence-electron chi connectivity index (χ0n) is 20.4. The van der Waals surface area contributed by atoms with Crippen LogP contribution in [-0.4, -0.2) is 46.8 Å². The summed E-state index contributed by atoms with van der Waals surface area (Å²) >= 11 is 7.31. The molecule has 2 aromatic heterocycles. The highest BCUT2D eigenvalue weighted by molar-refractivity contribution is 7.04. The number of alkyl halides is 2. The lowest BCUT2D eigenvalue weighted by atomic mass is 9.74. The molecule has 2 fully saturated rings. The predicted molar refractivity (Wildman–Crippen MR) is 142 cm³/mol. The van der Waals surface area contributed by atoms with Crippen LogP contribution in [0, 0.1) is 5.92 Å². The number of amides is 2. The van der Waals surface area contributed by atoms with Crippen LogP contribution in [0.2, 0.25) is 5.02 Å². The maximum Gasteiger partial charge on any atom is 0.281 e. The van der Waals surface area contributed by atoms with Crippen molar-refractivity contribution >= 4 is 46.3 Å². The van der Waals surface area contributed by atoms with Gasteiger partial charge in [0.15, 0.2) is 0 Å². The van der Waals surface area contributed by atoms with Crippen LogP contribution in [0.25, 0.3) is 0 Å². The van der Waals surface area contributed by atoms with Crippen molar-refractivity contribution in [1.29, 1.82) is 0 Å². The molecule has 0 atom stereocenters. The number of hydrogen-bond acceptors (Lipinski definition) is 6. The van der Waals surface area contributed by atoms with Gasteiger partial charge in [0, 0.05) is 42.9 Å². The molecule has 198 valence electrons. The van der Waals surface area contributed by atoms with Crippen molar-refractivity contribution in [2.75, 3.05) is 29.4 Å². The number of fused-ring (bicyclic) bond motifs is 2. The molecule has 0 radical (unpaired) electrons. The Balaban J connectivity index is 1.09. The lowest BCUT2D eigenvalue weighted by molar-refractivity contribution is -0.124. The van der Waals surface area contributed by atoms with E-state index >= 15 is 0 Å². The minimum Gasteiger partial charge on any atom is -0.367 e. The average Bonchev–Trinajstić information content (AvgIpc) is 3.49. The smallest absolute Gasteiger partial charge is 0.281 e. The molecule has 1 aromatic carbocycles. The molecule has 1 spiro atoms. The summed E-state index contributed by atoms with van der Waals surface area (Å²) in [6.07, 6.45) is 3.17. The first-order valence-corrected chi connectivity index (χ1v) is 13.9. The van der Waals surface area contributed by atoms with E-state index in [1.807, 2.05) is 34.7 Å². The van der Waals surface area contributed by atoms with E-state index in [0.29, 0.717) is 32.5 Å². The minimum atomic E-state index is -2.86. The summed E-state index contributed by atoms with van der Waals surface area (Å²) < 4.78 is 30.9. The van der Waals surface area contributed by atoms with Crippen LogP contribution in [0.3, 0.4) is 0 Å². The van der Waals surface area contributed by atoms with Crippen LogP contribution in [-0.2, 0) is 10.2 Å². The number of benzene rings is 1. The first-order chi connectivity index (χ1) is 18.4. The Morgan fingerprint density at radius 2 is 1.95 bits per heavy atom. The van der Waals surface area contributed by atoms with Gasteiger partial charge < -0.3 is 15.1 Å². The Labute approximate surface area is 228 Å². The first-order valence-electron chi connectivity index (χ1n) is 12.7. The van der Waals surface area contributed by atoms with Crippen LogP contribution in [0.15, 0.2) is 48.1 Å². The molecule has 1 aliphatic carbocycles. The molecule has 6 rings (SSSR count). The number of aromatic nitrogens is 2. The summed E-state index contributed by atoms with van der Waals surface area (Å²) in [7, 11) is 0. The summed E-state index contributed by atoms with van der Waals surface area (Å²) in [5.41, 5.74) is 1.87. The molecule has 7 nitrogen and oxygen atoms in total. The fourth-order valence-electron chi connectivity index (χ4n) is 6.04. The minimum absolute atomic E-state index is 0.129. The Morgan fingerprint density at radius 3 is 2.66 bits per heavy atom. The van der Waals surface area contributed by atoms with E-state index in [0.717, 1.165) is 36.0 Å². The standard InChI is InChI=1S/C27H26ClF2N5O2S/c28-17-9-20(23(24(29)30)31-10-17)25(36)33-18-7-5-16(6-8-18)12-35-22-4-2-1-3-21(22)27(26(35)37)14-34(15-27)19-11-32-38-13-19/h1-4,9-11,13,16,18,24H,5-8,12,14-15H2,(H,33,36)/t16-,18-. The van der Waals surface area contributed by atoms with Gasteiger partial charge in [-0.15, -0.1) is 0 Å². The molecule has 0 bridgehead atoms. The molecular weight excluding hydrogens is 532 g/mol. The van der Waals surface area contributed by atoms with Crippen molar-refractivity contribution in [3.8, 4) is 0 Å². The van der Waals surface area contributed by atoms with Crippen molar-refractivity contribution in [3.05, 3.63) is 69.9 Å². The molecule has 0 unspecified atom stereocenters. The third-order valence-electron chi connectivity index (χ3n) is 8.03. The fourth-order valence-corrected chi connectivity index (χ4v) is 6.75. The van der Waals surface area contributed by atoms with E-state index in [1.54, 1.807) is 0 Å². The summed E-state index contributed by atoms with van der Waals surface area (Å²) in [5, 5.41) is 5.03. The molecule has 4 heterocycles. The molecule has 2 amide bonds. The number of carbonyl (C=O) groups is 2. The Kier molecular flexibility index (Phi) is 6.55. The van der Waals surface area contributed by atoms with Crippen molar-refractivity contribution in [2.24, 2.45) is 5.92 Å². The van der Waals surface area contributed by atoms with Crippen LogP contribution < -0.4 is 15.1 Å². The monoisotopic (exact) mass is 557 g/mol. The largest absolute Gasteiger partial charge is 0.367 e. The molecule has 1 N–H and O–H groups in total. The molecule has 1 saturated heterocycles. The third kappa shape index (κ3) is 4.33. The number of nitrogens with zero attached hydrogens (tertiary/aromatic N) is 4. The molecule has 11 heteroatoms. The Morgan fingerprint density at radius 1 is 1.18 bits per heavy atom. The molecule has 38 heavy (non-hydrogen) atoms. The Bertz CT molecular complexity index is 1360. The maximum absolute atomic E-state index is 13.8. The number of carbonyl (C=O) groups excluding carboxylic acids is 2. The lowest BCUT2D eigenvalue weighted by Crippen LogP contribution is -2.64. The van der Waals surface area contributed by atoms with Crippen molar-refractivity contribution < 1.29 is 18.4 Å². The maximum atomic E-state index is 13.8. The summed E-state index contributed by atoms with van der Waals surface area (Å²) in [6.45, 7) is 1.93. The third-order valence-corrected chi connectivity index (χ3v) is 8.81. The zero-order chi connectivity index (χ0) is 26.4. The van der Waals surface area contributed by atoms with Crippen LogP contribution in [0.1, 0.15) is 53.7 Å². The van der Waals surface area contributed by atoms with E-state index in [-0.39, 0.29) is 28.5 Å². The normalized spacial score (nSPS) is 22.1.